The average molecular weight is 506 g/mol. The van der Waals surface area contributed by atoms with Gasteiger partial charge in [0.2, 0.25) is 5.91 Å². The van der Waals surface area contributed by atoms with Crippen molar-refractivity contribution in [3.63, 3.8) is 0 Å². The summed E-state index contributed by atoms with van der Waals surface area (Å²) < 4.78 is 61.3. The lowest BCUT2D eigenvalue weighted by Crippen LogP contribution is -2.49. The molecule has 3 heterocycles. The molecule has 0 unspecified atom stereocenters. The summed E-state index contributed by atoms with van der Waals surface area (Å²) in [5, 5.41) is 0. The Kier molecular flexibility index (Phi) is 7.22. The number of carbonyl (C=O) groups excluding carboxylic acids is 2. The van der Waals surface area contributed by atoms with Crippen LogP contribution in [-0.2, 0) is 11.2 Å². The van der Waals surface area contributed by atoms with E-state index in [0.717, 1.165) is 17.7 Å². The van der Waals surface area contributed by atoms with Crippen LogP contribution in [0.4, 0.5) is 17.6 Å². The van der Waals surface area contributed by atoms with Gasteiger partial charge in [0.05, 0.1) is 37.0 Å². The van der Waals surface area contributed by atoms with Gasteiger partial charge in [-0.3, -0.25) is 19.6 Å². The molecule has 2 aromatic rings. The second kappa shape index (κ2) is 10.3. The van der Waals surface area contributed by atoms with Gasteiger partial charge in [-0.2, -0.15) is 0 Å². The Morgan fingerprint density at radius 1 is 1.19 bits per heavy atom. The van der Waals surface area contributed by atoms with E-state index in [9.17, 15) is 27.2 Å². The third-order valence-electron chi connectivity index (χ3n) is 5.70. The highest BCUT2D eigenvalue weighted by Crippen LogP contribution is 2.27. The molecule has 0 spiro atoms. The number of ether oxygens (including phenoxy) is 2. The molecular weight excluding hydrogens is 484 g/mol. The van der Waals surface area contributed by atoms with E-state index in [-0.39, 0.29) is 43.2 Å². The Labute approximate surface area is 203 Å². The minimum Gasteiger partial charge on any atom is -0.485 e. The molecule has 4 rings (SSSR count). The number of alkyl halides is 4. The largest absolute Gasteiger partial charge is 0.573 e. The highest BCUT2D eigenvalue weighted by molar-refractivity contribution is 6.11. The van der Waals surface area contributed by atoms with E-state index < -0.39 is 30.3 Å². The van der Waals surface area contributed by atoms with Gasteiger partial charge in [-0.05, 0) is 23.8 Å². The Morgan fingerprint density at radius 3 is 2.56 bits per heavy atom. The standard InChI is InChI=1S/C24H22F4N4O4/c25-18-13-32(22(33)9-14-1-3-16(4-2-14)36-24(26,27)28)8-6-20(18)35-21-12-31-19(10-17(21)23(29)34)15-5-7-30-11-15/h1-5,10-12,18,20H,6-9,13H2,(H2,29,34)/t18-,20+/m0/s1. The number of likely N-dealkylation sites (tertiary alicyclic amines) is 1. The normalized spacial score (nSPS) is 19.7. The van der Waals surface area contributed by atoms with E-state index >= 15 is 0 Å². The van der Waals surface area contributed by atoms with Crippen molar-refractivity contribution in [2.45, 2.75) is 31.5 Å². The number of hydrogen-bond acceptors (Lipinski definition) is 6. The van der Waals surface area contributed by atoms with Crippen LogP contribution in [0.2, 0.25) is 0 Å². The Morgan fingerprint density at radius 2 is 1.94 bits per heavy atom. The van der Waals surface area contributed by atoms with Crippen molar-refractivity contribution >= 4 is 23.6 Å². The third-order valence-corrected chi connectivity index (χ3v) is 5.70. The Balaban J connectivity index is 1.35. The van der Waals surface area contributed by atoms with Crippen LogP contribution in [0.5, 0.6) is 11.5 Å². The molecule has 1 fully saturated rings. The molecule has 1 aromatic carbocycles. The lowest BCUT2D eigenvalue weighted by atomic mass is 10.0. The molecule has 0 saturated carbocycles. The number of pyridine rings is 1. The van der Waals surface area contributed by atoms with Crippen LogP contribution in [0.15, 0.2) is 47.6 Å². The predicted molar refractivity (Wildman–Crippen MR) is 121 cm³/mol. The smallest absolute Gasteiger partial charge is 0.485 e. The van der Waals surface area contributed by atoms with E-state index in [4.69, 9.17) is 10.5 Å². The molecule has 2 amide bonds. The van der Waals surface area contributed by atoms with Crippen molar-refractivity contribution in [3.05, 3.63) is 59.4 Å². The maximum absolute atomic E-state index is 14.9. The highest BCUT2D eigenvalue weighted by Gasteiger charge is 2.34. The first-order valence-corrected chi connectivity index (χ1v) is 11.0. The fourth-order valence-corrected chi connectivity index (χ4v) is 3.91. The van der Waals surface area contributed by atoms with Crippen LogP contribution >= 0.6 is 0 Å². The molecule has 190 valence electrons. The van der Waals surface area contributed by atoms with E-state index in [1.807, 2.05) is 6.08 Å². The number of piperidine rings is 1. The first kappa shape index (κ1) is 25.1. The molecule has 0 bridgehead atoms. The van der Waals surface area contributed by atoms with Gasteiger partial charge >= 0.3 is 6.36 Å². The van der Waals surface area contributed by atoms with Gasteiger partial charge in [0.15, 0.2) is 11.9 Å². The number of carbonyl (C=O) groups is 2. The summed E-state index contributed by atoms with van der Waals surface area (Å²) in [6, 6.07) is 6.38. The topological polar surface area (TPSA) is 107 Å². The van der Waals surface area contributed by atoms with Gasteiger partial charge in [-0.1, -0.05) is 18.2 Å². The average Bonchev–Trinajstić information content (AvgIpc) is 3.36. The summed E-state index contributed by atoms with van der Waals surface area (Å²) in [5.41, 5.74) is 7.24. The number of nitrogens with two attached hydrogens (primary N) is 1. The van der Waals surface area contributed by atoms with Crippen LogP contribution < -0.4 is 15.2 Å². The summed E-state index contributed by atoms with van der Waals surface area (Å²) in [4.78, 5) is 34.2. The van der Waals surface area contributed by atoms with E-state index in [2.05, 4.69) is 14.7 Å². The molecule has 2 atom stereocenters. The van der Waals surface area contributed by atoms with Crippen molar-refractivity contribution in [3.8, 4) is 11.5 Å². The number of hydrogen-bond donors (Lipinski definition) is 1. The number of rotatable bonds is 7. The molecule has 0 radical (unpaired) electrons. The van der Waals surface area contributed by atoms with Gasteiger partial charge in [-0.25, -0.2) is 4.39 Å². The zero-order valence-electron chi connectivity index (χ0n) is 18.9. The van der Waals surface area contributed by atoms with Crippen LogP contribution in [0.3, 0.4) is 0 Å². The van der Waals surface area contributed by atoms with Gasteiger partial charge in [0.25, 0.3) is 5.91 Å². The summed E-state index contributed by atoms with van der Waals surface area (Å²) in [7, 11) is 0. The van der Waals surface area contributed by atoms with Crippen LogP contribution in [0, 0.1) is 0 Å². The second-order valence-corrected chi connectivity index (χ2v) is 8.25. The fourth-order valence-electron chi connectivity index (χ4n) is 3.91. The summed E-state index contributed by atoms with van der Waals surface area (Å²) in [6.45, 7) is 0.471. The van der Waals surface area contributed by atoms with Crippen molar-refractivity contribution in [1.29, 1.82) is 0 Å². The molecule has 36 heavy (non-hydrogen) atoms. The quantitative estimate of drug-likeness (QED) is 0.581. The van der Waals surface area contributed by atoms with Crippen molar-refractivity contribution in [2.75, 3.05) is 19.6 Å². The monoisotopic (exact) mass is 506 g/mol. The van der Waals surface area contributed by atoms with E-state index in [1.54, 1.807) is 6.21 Å². The van der Waals surface area contributed by atoms with Gasteiger partial charge < -0.3 is 20.1 Å². The number of benzene rings is 1. The van der Waals surface area contributed by atoms with Crippen LogP contribution in [0.1, 0.15) is 28.0 Å². The molecule has 0 aliphatic carbocycles. The van der Waals surface area contributed by atoms with Crippen LogP contribution in [-0.4, -0.2) is 66.2 Å². The van der Waals surface area contributed by atoms with Gasteiger partial charge in [0.1, 0.15) is 11.9 Å². The zero-order chi connectivity index (χ0) is 25.9. The third kappa shape index (κ3) is 6.18. The molecule has 12 heteroatoms. The lowest BCUT2D eigenvalue weighted by molar-refractivity contribution is -0.274. The molecule has 2 N–H and O–H groups in total. The Bertz CT molecular complexity index is 1200. The number of aromatic nitrogens is 1. The zero-order valence-corrected chi connectivity index (χ0v) is 18.9. The number of primary amides is 1. The lowest BCUT2D eigenvalue weighted by Gasteiger charge is -2.35. The maximum Gasteiger partial charge on any atom is 0.573 e. The van der Waals surface area contributed by atoms with Gasteiger partial charge in [0, 0.05) is 24.8 Å². The fraction of sp³-hybridized carbons (Fsp3) is 0.333. The maximum atomic E-state index is 14.9. The minimum atomic E-state index is -4.81. The van der Waals surface area contributed by atoms with E-state index in [1.165, 1.54) is 29.3 Å². The first-order valence-electron chi connectivity index (χ1n) is 11.0. The number of aliphatic imine (C=N–C) groups is 1. The van der Waals surface area contributed by atoms with Crippen molar-refractivity contribution < 1.29 is 36.6 Å². The SMILES string of the molecule is NC(=O)c1cc(C2=CCN=C2)ncc1O[C@@H]1CCN(C(=O)Cc2ccc(OC(F)(F)F)cc2)C[C@@H]1F. The highest BCUT2D eigenvalue weighted by atomic mass is 19.4. The minimum absolute atomic E-state index is 0.0513. The molecule has 1 aromatic heterocycles. The number of amides is 2. The summed E-state index contributed by atoms with van der Waals surface area (Å²) in [6.07, 6.45) is -2.45. The Hall–Kier alpha value is -3.96. The molecule has 2 aliphatic rings. The number of allylic oxidation sites excluding steroid dienone is 1. The predicted octanol–water partition coefficient (Wildman–Crippen LogP) is 3.11. The molecule has 1 saturated heterocycles. The molecule has 8 nitrogen and oxygen atoms in total. The molecular formula is C24H22F4N4O4. The number of nitrogens with zero attached hydrogens (tertiary/aromatic N) is 3. The summed E-state index contributed by atoms with van der Waals surface area (Å²) >= 11 is 0. The van der Waals surface area contributed by atoms with Crippen LogP contribution in [0.25, 0.3) is 5.57 Å². The van der Waals surface area contributed by atoms with Gasteiger partial charge in [-0.15, -0.1) is 13.2 Å². The number of halogens is 4. The molecule has 2 aliphatic heterocycles. The summed E-state index contributed by atoms with van der Waals surface area (Å²) in [5.74, 6) is -1.48. The van der Waals surface area contributed by atoms with Crippen molar-refractivity contribution in [2.24, 2.45) is 10.7 Å². The van der Waals surface area contributed by atoms with E-state index in [0.29, 0.717) is 17.8 Å². The first-order chi connectivity index (χ1) is 17.1. The van der Waals surface area contributed by atoms with Crippen molar-refractivity contribution in [1.82, 2.24) is 9.88 Å². The second-order valence-electron chi connectivity index (χ2n) is 8.25.